The van der Waals surface area contributed by atoms with Crippen LogP contribution in [0.3, 0.4) is 0 Å². The lowest BCUT2D eigenvalue weighted by Gasteiger charge is -2.33. The van der Waals surface area contributed by atoms with Gasteiger partial charge >= 0.3 is 6.09 Å². The fraction of sp³-hybridized carbons (Fsp3) is 0.393. The topological polar surface area (TPSA) is 97.0 Å². The lowest BCUT2D eigenvalue weighted by molar-refractivity contribution is -0.139. The fourth-order valence-corrected chi connectivity index (χ4v) is 3.84. The quantitative estimate of drug-likeness (QED) is 0.289. The molecule has 0 heterocycles. The van der Waals surface area contributed by atoms with Crippen molar-refractivity contribution in [3.8, 4) is 5.75 Å². The second-order valence-corrected chi connectivity index (χ2v) is 9.74. The van der Waals surface area contributed by atoms with Crippen LogP contribution in [0.2, 0.25) is 0 Å². The molecule has 2 unspecified atom stereocenters. The lowest BCUT2D eigenvalue weighted by atomic mass is 10.0. The molecule has 0 radical (unpaired) electrons. The number of amides is 3. The molecule has 0 saturated carbocycles. The molecule has 3 amide bonds. The first-order valence-electron chi connectivity index (χ1n) is 12.1. The largest absolute Gasteiger partial charge is 0.497 e. The van der Waals surface area contributed by atoms with Gasteiger partial charge in [-0.3, -0.25) is 9.59 Å². The molecule has 0 spiro atoms. The van der Waals surface area contributed by atoms with Gasteiger partial charge in [0.2, 0.25) is 5.91 Å². The van der Waals surface area contributed by atoms with Crippen LogP contribution < -0.4 is 15.4 Å². The van der Waals surface area contributed by atoms with Crippen LogP contribution in [0.5, 0.6) is 5.75 Å². The molecular weight excluding hydrogens is 490 g/mol. The second kappa shape index (κ2) is 13.7. The Kier molecular flexibility index (Phi) is 11.1. The Balaban J connectivity index is 2.43. The summed E-state index contributed by atoms with van der Waals surface area (Å²) < 4.78 is 10.5. The van der Waals surface area contributed by atoms with E-state index in [0.717, 1.165) is 12.0 Å². The molecule has 0 bridgehead atoms. The number of methoxy groups -OCH3 is 1. The SMILES string of the molecule is C=CCN(C(=O)C(CS)NC(=O)OC(C)(C)C)C(C(=O)Nc1ccc(OC)cc1)c1ccc(CC)cc1. The molecular formula is C28H37N3O5S. The zero-order chi connectivity index (χ0) is 27.6. The van der Waals surface area contributed by atoms with E-state index in [1.165, 1.54) is 11.0 Å². The maximum absolute atomic E-state index is 13.7. The summed E-state index contributed by atoms with van der Waals surface area (Å²) >= 11 is 4.28. The average Bonchev–Trinajstić information content (AvgIpc) is 2.86. The standard InChI is InChI=1S/C28H37N3O5S/c1-7-17-31(26(33)23(18-37)30-27(34)36-28(3,4)5)24(20-11-9-19(8-2)10-12-20)25(32)29-21-13-15-22(35-6)16-14-21/h7,9-16,23-24,37H,1,8,17-18H2,2-6H3,(H,29,32)(H,30,34). The Bertz CT molecular complexity index is 1060. The summed E-state index contributed by atoms with van der Waals surface area (Å²) in [5, 5.41) is 5.47. The van der Waals surface area contributed by atoms with Gasteiger partial charge in [0.25, 0.3) is 5.91 Å². The molecule has 0 aliphatic rings. The molecule has 0 saturated heterocycles. The van der Waals surface area contributed by atoms with Gasteiger partial charge in [0.05, 0.1) is 7.11 Å². The number of rotatable bonds is 11. The van der Waals surface area contributed by atoms with Crippen LogP contribution in [0, 0.1) is 0 Å². The predicted octanol–water partition coefficient (Wildman–Crippen LogP) is 4.78. The highest BCUT2D eigenvalue weighted by Crippen LogP contribution is 2.26. The van der Waals surface area contributed by atoms with E-state index in [2.05, 4.69) is 29.8 Å². The molecule has 2 atom stereocenters. The van der Waals surface area contributed by atoms with Crippen molar-refractivity contribution in [1.82, 2.24) is 10.2 Å². The molecule has 0 aliphatic heterocycles. The van der Waals surface area contributed by atoms with Crippen LogP contribution in [0.4, 0.5) is 10.5 Å². The molecule has 2 N–H and O–H groups in total. The van der Waals surface area contributed by atoms with E-state index in [-0.39, 0.29) is 12.3 Å². The number of carbonyl (C=O) groups is 3. The van der Waals surface area contributed by atoms with Gasteiger partial charge in [-0.15, -0.1) is 6.58 Å². The highest BCUT2D eigenvalue weighted by molar-refractivity contribution is 7.80. The van der Waals surface area contributed by atoms with Crippen LogP contribution in [-0.2, 0) is 20.7 Å². The molecule has 2 aromatic rings. The number of hydrogen-bond donors (Lipinski definition) is 3. The Morgan fingerprint density at radius 3 is 2.19 bits per heavy atom. The smallest absolute Gasteiger partial charge is 0.408 e. The molecule has 2 rings (SSSR count). The van der Waals surface area contributed by atoms with E-state index in [1.54, 1.807) is 52.1 Å². The third-order valence-electron chi connectivity index (χ3n) is 5.40. The maximum Gasteiger partial charge on any atom is 0.408 e. The number of hydrogen-bond acceptors (Lipinski definition) is 6. The van der Waals surface area contributed by atoms with E-state index in [9.17, 15) is 14.4 Å². The minimum absolute atomic E-state index is 0.00725. The highest BCUT2D eigenvalue weighted by atomic mass is 32.1. The molecule has 37 heavy (non-hydrogen) atoms. The minimum atomic E-state index is -1.02. The highest BCUT2D eigenvalue weighted by Gasteiger charge is 2.35. The Morgan fingerprint density at radius 2 is 1.70 bits per heavy atom. The average molecular weight is 528 g/mol. The van der Waals surface area contributed by atoms with Crippen molar-refractivity contribution in [3.05, 3.63) is 72.3 Å². The summed E-state index contributed by atoms with van der Waals surface area (Å²) in [7, 11) is 1.56. The fourth-order valence-electron chi connectivity index (χ4n) is 3.59. The molecule has 0 aliphatic carbocycles. The molecule has 2 aromatic carbocycles. The van der Waals surface area contributed by atoms with Crippen molar-refractivity contribution in [2.24, 2.45) is 0 Å². The summed E-state index contributed by atoms with van der Waals surface area (Å²) in [6.45, 7) is 11.1. The number of benzene rings is 2. The summed E-state index contributed by atoms with van der Waals surface area (Å²) in [6.07, 6.45) is 1.62. The number of ether oxygens (including phenoxy) is 2. The van der Waals surface area contributed by atoms with Crippen molar-refractivity contribution in [3.63, 3.8) is 0 Å². The van der Waals surface area contributed by atoms with Gasteiger partial charge in [-0.1, -0.05) is 37.3 Å². The normalized spacial score (nSPS) is 12.6. The second-order valence-electron chi connectivity index (χ2n) is 9.38. The van der Waals surface area contributed by atoms with Gasteiger partial charge in [-0.2, -0.15) is 12.6 Å². The van der Waals surface area contributed by atoms with E-state index in [0.29, 0.717) is 17.0 Å². The van der Waals surface area contributed by atoms with E-state index in [4.69, 9.17) is 9.47 Å². The van der Waals surface area contributed by atoms with Crippen molar-refractivity contribution < 1.29 is 23.9 Å². The number of carbonyl (C=O) groups excluding carboxylic acids is 3. The van der Waals surface area contributed by atoms with E-state index in [1.807, 2.05) is 31.2 Å². The van der Waals surface area contributed by atoms with Crippen molar-refractivity contribution in [1.29, 1.82) is 0 Å². The number of thiol groups is 1. The van der Waals surface area contributed by atoms with Crippen LogP contribution in [0.1, 0.15) is 44.9 Å². The maximum atomic E-state index is 13.7. The van der Waals surface area contributed by atoms with E-state index < -0.39 is 35.6 Å². The van der Waals surface area contributed by atoms with Crippen LogP contribution in [0.25, 0.3) is 0 Å². The Labute approximate surface area is 224 Å². The van der Waals surface area contributed by atoms with Gasteiger partial charge in [0, 0.05) is 18.0 Å². The monoisotopic (exact) mass is 527 g/mol. The summed E-state index contributed by atoms with van der Waals surface area (Å²) in [6, 6.07) is 12.4. The first kappa shape index (κ1) is 29.8. The van der Waals surface area contributed by atoms with Crippen molar-refractivity contribution in [2.75, 3.05) is 24.7 Å². The zero-order valence-corrected chi connectivity index (χ0v) is 23.0. The molecule has 0 aromatic heterocycles. The number of nitrogens with zero attached hydrogens (tertiary/aromatic N) is 1. The number of anilines is 1. The van der Waals surface area contributed by atoms with E-state index >= 15 is 0 Å². The summed E-state index contributed by atoms with van der Waals surface area (Å²) in [5.41, 5.74) is 1.52. The third kappa shape index (κ3) is 8.86. The first-order chi connectivity index (χ1) is 17.5. The van der Waals surface area contributed by atoms with Gasteiger partial charge in [-0.25, -0.2) is 4.79 Å². The number of aryl methyl sites for hydroxylation is 1. The summed E-state index contributed by atoms with van der Waals surface area (Å²) in [5.74, 6) is -0.249. The lowest BCUT2D eigenvalue weighted by Crippen LogP contribution is -2.53. The van der Waals surface area contributed by atoms with Crippen molar-refractivity contribution >= 4 is 36.2 Å². The van der Waals surface area contributed by atoms with Crippen LogP contribution >= 0.6 is 12.6 Å². The Morgan fingerprint density at radius 1 is 1.08 bits per heavy atom. The Hall–Kier alpha value is -3.46. The van der Waals surface area contributed by atoms with Gasteiger partial charge in [0.15, 0.2) is 0 Å². The van der Waals surface area contributed by atoms with Crippen LogP contribution in [0.15, 0.2) is 61.2 Å². The van der Waals surface area contributed by atoms with Crippen molar-refractivity contribution in [2.45, 2.75) is 51.8 Å². The molecule has 9 heteroatoms. The minimum Gasteiger partial charge on any atom is -0.497 e. The van der Waals surface area contributed by atoms with Gasteiger partial charge in [0.1, 0.15) is 23.4 Å². The van der Waals surface area contributed by atoms with Gasteiger partial charge in [-0.05, 0) is 62.6 Å². The third-order valence-corrected chi connectivity index (χ3v) is 5.77. The van der Waals surface area contributed by atoms with Crippen LogP contribution in [-0.4, -0.2) is 53.9 Å². The molecule has 8 nitrogen and oxygen atoms in total. The summed E-state index contributed by atoms with van der Waals surface area (Å²) in [4.78, 5) is 41.2. The predicted molar refractivity (Wildman–Crippen MR) is 149 cm³/mol. The first-order valence-corrected chi connectivity index (χ1v) is 12.7. The zero-order valence-electron chi connectivity index (χ0n) is 22.1. The number of nitrogens with one attached hydrogen (secondary N) is 2. The molecule has 0 fully saturated rings. The number of alkyl carbamates (subject to hydrolysis) is 1. The van der Waals surface area contributed by atoms with Gasteiger partial charge < -0.3 is 25.0 Å². The molecule has 200 valence electrons.